The number of nitrogens with zero attached hydrogens (tertiary/aromatic N) is 6. The van der Waals surface area contributed by atoms with E-state index >= 15 is 0 Å². The molecule has 1 fully saturated rings. The summed E-state index contributed by atoms with van der Waals surface area (Å²) in [6.07, 6.45) is 1.82. The third-order valence-corrected chi connectivity index (χ3v) is 7.11. The summed E-state index contributed by atoms with van der Waals surface area (Å²) in [5.41, 5.74) is 0.844. The molecule has 0 radical (unpaired) electrons. The Labute approximate surface area is 220 Å². The maximum Gasteiger partial charge on any atom is 0.471 e. The van der Waals surface area contributed by atoms with Crippen molar-refractivity contribution >= 4 is 24.4 Å². The van der Waals surface area contributed by atoms with Gasteiger partial charge in [0.1, 0.15) is 13.3 Å². The SMILES string of the molecule is O=c1[nH]c(=O)n(COP(=O)(O)O)cc1-c1cc([C@H]2C[C@@H]2c2ccc3cnn(CC(F)(F)F)c3c2)c2nccn2n1. The van der Waals surface area contributed by atoms with Gasteiger partial charge < -0.3 is 9.79 Å². The molecule has 0 bridgehead atoms. The average molecular weight is 577 g/mol. The molecule has 2 atom stereocenters. The molecule has 4 aromatic heterocycles. The topological polar surface area (TPSA) is 170 Å². The van der Waals surface area contributed by atoms with Crippen molar-refractivity contribution in [1.82, 2.24) is 33.9 Å². The molecule has 0 unspecified atom stereocenters. The molecule has 13 nitrogen and oxygen atoms in total. The van der Waals surface area contributed by atoms with Gasteiger partial charge in [-0.2, -0.15) is 23.4 Å². The van der Waals surface area contributed by atoms with Crippen molar-refractivity contribution in [3.8, 4) is 11.3 Å². The predicted molar refractivity (Wildman–Crippen MR) is 132 cm³/mol. The minimum Gasteiger partial charge on any atom is -0.303 e. The number of halogens is 3. The van der Waals surface area contributed by atoms with Gasteiger partial charge in [0.05, 0.1) is 23.0 Å². The molecular formula is C23H19F3N7O6P. The van der Waals surface area contributed by atoms with Crippen molar-refractivity contribution in [2.45, 2.75) is 37.7 Å². The molecule has 3 N–H and O–H groups in total. The maximum absolute atomic E-state index is 13.0. The van der Waals surface area contributed by atoms with Crippen LogP contribution in [0.5, 0.6) is 0 Å². The number of nitrogens with one attached hydrogen (secondary N) is 1. The molecule has 40 heavy (non-hydrogen) atoms. The summed E-state index contributed by atoms with van der Waals surface area (Å²) in [5.74, 6) is -0.135. The van der Waals surface area contributed by atoms with Gasteiger partial charge in [0, 0.05) is 29.5 Å². The van der Waals surface area contributed by atoms with Crippen LogP contribution in [0.1, 0.15) is 29.4 Å². The van der Waals surface area contributed by atoms with Crippen LogP contribution >= 0.6 is 7.82 Å². The van der Waals surface area contributed by atoms with Crippen LogP contribution in [0.25, 0.3) is 27.8 Å². The highest BCUT2D eigenvalue weighted by Crippen LogP contribution is 2.56. The van der Waals surface area contributed by atoms with Gasteiger partial charge in [-0.25, -0.2) is 18.9 Å². The Kier molecular flexibility index (Phi) is 6.03. The summed E-state index contributed by atoms with van der Waals surface area (Å²) in [5, 5.41) is 8.86. The zero-order valence-corrected chi connectivity index (χ0v) is 21.1. The monoisotopic (exact) mass is 577 g/mol. The minimum absolute atomic E-state index is 0.0433. The Hall–Kier alpha value is -4.11. The fourth-order valence-electron chi connectivity index (χ4n) is 4.79. The van der Waals surface area contributed by atoms with E-state index in [1.165, 1.54) is 16.9 Å². The summed E-state index contributed by atoms with van der Waals surface area (Å²) in [4.78, 5) is 49.2. The molecule has 0 spiro atoms. The van der Waals surface area contributed by atoms with E-state index in [4.69, 9.17) is 9.79 Å². The molecule has 0 aliphatic heterocycles. The Balaban J connectivity index is 1.36. The number of aromatic amines is 1. The van der Waals surface area contributed by atoms with E-state index in [9.17, 15) is 27.3 Å². The highest BCUT2D eigenvalue weighted by Gasteiger charge is 2.42. The quantitative estimate of drug-likeness (QED) is 0.246. The summed E-state index contributed by atoms with van der Waals surface area (Å²) >= 11 is 0. The van der Waals surface area contributed by atoms with Gasteiger partial charge in [-0.15, -0.1) is 0 Å². The van der Waals surface area contributed by atoms with Gasteiger partial charge >= 0.3 is 19.7 Å². The molecule has 17 heteroatoms. The van der Waals surface area contributed by atoms with Crippen LogP contribution in [0.2, 0.25) is 0 Å². The fourth-order valence-corrected chi connectivity index (χ4v) is 5.07. The van der Waals surface area contributed by atoms with Crippen LogP contribution in [0.15, 0.2) is 58.6 Å². The van der Waals surface area contributed by atoms with E-state index in [1.807, 2.05) is 6.07 Å². The van der Waals surface area contributed by atoms with Crippen molar-refractivity contribution in [2.75, 3.05) is 0 Å². The number of H-pyrrole nitrogens is 1. The fraction of sp³-hybridized carbons (Fsp3) is 0.261. The minimum atomic E-state index is -4.89. The van der Waals surface area contributed by atoms with Crippen LogP contribution < -0.4 is 11.2 Å². The van der Waals surface area contributed by atoms with Crippen LogP contribution in [0.3, 0.4) is 0 Å². The van der Waals surface area contributed by atoms with Crippen molar-refractivity contribution in [2.24, 2.45) is 0 Å². The molecule has 4 heterocycles. The van der Waals surface area contributed by atoms with Crippen LogP contribution in [0, 0.1) is 0 Å². The number of rotatable bonds is 7. The Morgan fingerprint density at radius 2 is 1.98 bits per heavy atom. The smallest absolute Gasteiger partial charge is 0.303 e. The van der Waals surface area contributed by atoms with Crippen molar-refractivity contribution in [3.63, 3.8) is 0 Å². The summed E-state index contributed by atoms with van der Waals surface area (Å²) in [6, 6.07) is 6.92. The normalized spacial score (nSPS) is 17.6. The van der Waals surface area contributed by atoms with Crippen LogP contribution in [-0.4, -0.2) is 49.9 Å². The first-order valence-corrected chi connectivity index (χ1v) is 13.3. The highest BCUT2D eigenvalue weighted by molar-refractivity contribution is 7.46. The second-order valence-corrected chi connectivity index (χ2v) is 10.6. The summed E-state index contributed by atoms with van der Waals surface area (Å²) in [6.45, 7) is -2.02. The first-order valence-electron chi connectivity index (χ1n) is 11.8. The molecular weight excluding hydrogens is 558 g/mol. The van der Waals surface area contributed by atoms with Crippen LogP contribution in [-0.2, 0) is 22.4 Å². The predicted octanol–water partition coefficient (Wildman–Crippen LogP) is 2.50. The standard InChI is InChI=1S/C23H19F3N7O6P/c24-23(25,26)10-33-19-5-12(1-2-13(19)8-28-33)14-6-15(14)16-7-18(30-32-4-3-27-20(16)32)17-9-31(11-39-40(36,37)38)22(35)29-21(17)34/h1-5,7-9,14-15H,6,10-11H2,(H,29,34,35)(H2,36,37,38)/t14-,15+/m1/s1. The summed E-state index contributed by atoms with van der Waals surface area (Å²) in [7, 11) is -4.89. The number of phosphoric ester groups is 1. The molecule has 1 saturated carbocycles. The van der Waals surface area contributed by atoms with E-state index < -0.39 is 38.5 Å². The Bertz CT molecular complexity index is 1940. The second kappa shape index (κ2) is 9.23. The number of hydrogen-bond acceptors (Lipinski definition) is 7. The Morgan fingerprint density at radius 1 is 1.18 bits per heavy atom. The molecule has 208 valence electrons. The second-order valence-electron chi connectivity index (χ2n) is 9.39. The Morgan fingerprint density at radius 3 is 2.73 bits per heavy atom. The molecule has 0 amide bonds. The van der Waals surface area contributed by atoms with E-state index in [-0.39, 0.29) is 23.1 Å². The molecule has 0 saturated heterocycles. The number of benzene rings is 1. The number of fused-ring (bicyclic) bond motifs is 2. The zero-order valence-electron chi connectivity index (χ0n) is 20.2. The third kappa shape index (κ3) is 5.09. The van der Waals surface area contributed by atoms with Gasteiger partial charge in [0.2, 0.25) is 0 Å². The third-order valence-electron chi connectivity index (χ3n) is 6.66. The van der Waals surface area contributed by atoms with E-state index in [0.29, 0.717) is 23.0 Å². The molecule has 1 aliphatic rings. The lowest BCUT2D eigenvalue weighted by Crippen LogP contribution is -2.31. The first kappa shape index (κ1) is 26.1. The lowest BCUT2D eigenvalue weighted by Gasteiger charge is -2.11. The molecule has 5 aromatic rings. The summed E-state index contributed by atoms with van der Waals surface area (Å²) < 4.78 is 57.6. The van der Waals surface area contributed by atoms with Gasteiger partial charge in [0.15, 0.2) is 5.65 Å². The zero-order chi connectivity index (χ0) is 28.4. The van der Waals surface area contributed by atoms with Crippen molar-refractivity contribution in [3.05, 3.63) is 81.0 Å². The number of hydrogen-bond donors (Lipinski definition) is 3. The highest BCUT2D eigenvalue weighted by atomic mass is 31.2. The lowest BCUT2D eigenvalue weighted by molar-refractivity contribution is -0.141. The van der Waals surface area contributed by atoms with E-state index in [1.54, 1.807) is 24.4 Å². The van der Waals surface area contributed by atoms with E-state index in [0.717, 1.165) is 26.6 Å². The lowest BCUT2D eigenvalue weighted by atomic mass is 10.0. The number of imidazole rings is 1. The largest absolute Gasteiger partial charge is 0.471 e. The molecule has 1 aromatic carbocycles. The van der Waals surface area contributed by atoms with E-state index in [2.05, 4.69) is 24.7 Å². The van der Waals surface area contributed by atoms with Crippen LogP contribution in [0.4, 0.5) is 13.2 Å². The average Bonchev–Trinajstić information content (AvgIpc) is 3.35. The number of phosphoric acid groups is 1. The van der Waals surface area contributed by atoms with Gasteiger partial charge in [-0.3, -0.25) is 23.6 Å². The number of aromatic nitrogens is 7. The maximum atomic E-state index is 13.0. The van der Waals surface area contributed by atoms with Gasteiger partial charge in [-0.05, 0) is 36.0 Å². The van der Waals surface area contributed by atoms with Crippen molar-refractivity contribution in [1.29, 1.82) is 0 Å². The van der Waals surface area contributed by atoms with Gasteiger partial charge in [0.25, 0.3) is 5.56 Å². The van der Waals surface area contributed by atoms with Crippen molar-refractivity contribution < 1.29 is 32.0 Å². The van der Waals surface area contributed by atoms with Gasteiger partial charge in [-0.1, -0.05) is 12.1 Å². The first-order chi connectivity index (χ1) is 18.9. The molecule has 6 rings (SSSR count). The molecule has 1 aliphatic carbocycles. The number of alkyl halides is 3.